The van der Waals surface area contributed by atoms with Crippen molar-refractivity contribution < 1.29 is 0 Å². The van der Waals surface area contributed by atoms with Crippen LogP contribution in [-0.4, -0.2) is 49.9 Å². The molecule has 4 nitrogen and oxygen atoms in total. The van der Waals surface area contributed by atoms with Gasteiger partial charge in [-0.25, -0.2) is 0 Å². The van der Waals surface area contributed by atoms with Crippen LogP contribution in [0.4, 0.5) is 5.69 Å². The Bertz CT molecular complexity index is 548. The Morgan fingerprint density at radius 2 is 2.00 bits per heavy atom. The van der Waals surface area contributed by atoms with Crippen molar-refractivity contribution in [3.63, 3.8) is 0 Å². The summed E-state index contributed by atoms with van der Waals surface area (Å²) in [5, 5.41) is 11.0. The highest BCUT2D eigenvalue weighted by atomic mass is 32.2. The number of hydrogen-bond donors (Lipinski definition) is 1. The number of nitrogens with one attached hydrogen (secondary N) is 1. The minimum absolute atomic E-state index is 0.792. The Morgan fingerprint density at radius 3 is 2.62 bits per heavy atom. The number of likely N-dealkylation sites (tertiary alicyclic amines) is 1. The molecule has 24 heavy (non-hydrogen) atoms. The molecule has 1 aromatic carbocycles. The van der Waals surface area contributed by atoms with Gasteiger partial charge in [-0.05, 0) is 63.5 Å². The monoisotopic (exact) mass is 346 g/mol. The maximum absolute atomic E-state index is 4.86. The summed E-state index contributed by atoms with van der Waals surface area (Å²) < 4.78 is 0. The molecule has 132 valence electrons. The summed E-state index contributed by atoms with van der Waals surface area (Å²) >= 11 is 1.88. The zero-order chi connectivity index (χ0) is 17.4. The molecule has 0 radical (unpaired) electrons. The lowest BCUT2D eigenvalue weighted by atomic mass is 10.00. The van der Waals surface area contributed by atoms with Crippen LogP contribution in [0.2, 0.25) is 0 Å². The van der Waals surface area contributed by atoms with E-state index in [1.54, 1.807) is 0 Å². The van der Waals surface area contributed by atoms with Crippen molar-refractivity contribution in [2.75, 3.05) is 45.0 Å². The lowest BCUT2D eigenvalue weighted by Gasteiger charge is -2.28. The Hall–Kier alpha value is -1.46. The van der Waals surface area contributed by atoms with Crippen molar-refractivity contribution in [3.05, 3.63) is 42.1 Å². The number of benzene rings is 1. The molecular formula is C19H30N4S. The molecule has 1 fully saturated rings. The molecule has 2 rings (SSSR count). The van der Waals surface area contributed by atoms with Crippen molar-refractivity contribution in [3.8, 4) is 0 Å². The molecule has 0 bridgehead atoms. The standard InChI is InChI=1S/C19H30N4S/c1-16(14-20-2)19(21-23(4)18-8-6-5-7-9-18)24-15-17-10-12-22(3)13-11-17/h5-9,14,17,20H,10-13,15H2,1-4H3/b16-14+,21-19+. The first-order valence-electron chi connectivity index (χ1n) is 8.63. The summed E-state index contributed by atoms with van der Waals surface area (Å²) in [4.78, 5) is 2.42. The highest BCUT2D eigenvalue weighted by Crippen LogP contribution is 2.24. The molecule has 0 saturated carbocycles. The van der Waals surface area contributed by atoms with E-state index in [-0.39, 0.29) is 0 Å². The lowest BCUT2D eigenvalue weighted by Crippen LogP contribution is -2.31. The molecule has 0 aromatic heterocycles. The fourth-order valence-corrected chi connectivity index (χ4v) is 3.96. The third-order valence-corrected chi connectivity index (χ3v) is 5.68. The van der Waals surface area contributed by atoms with Gasteiger partial charge in [0.2, 0.25) is 0 Å². The van der Waals surface area contributed by atoms with Crippen LogP contribution in [0, 0.1) is 5.92 Å². The van der Waals surface area contributed by atoms with Crippen molar-refractivity contribution in [1.29, 1.82) is 0 Å². The second-order valence-corrected chi connectivity index (χ2v) is 7.45. The van der Waals surface area contributed by atoms with Crippen LogP contribution in [0.5, 0.6) is 0 Å². The molecule has 0 amide bonds. The topological polar surface area (TPSA) is 30.9 Å². The van der Waals surface area contributed by atoms with Gasteiger partial charge in [0, 0.05) is 26.0 Å². The zero-order valence-electron chi connectivity index (χ0n) is 15.3. The van der Waals surface area contributed by atoms with Gasteiger partial charge >= 0.3 is 0 Å². The van der Waals surface area contributed by atoms with E-state index in [1.165, 1.54) is 31.5 Å². The molecule has 0 unspecified atom stereocenters. The van der Waals surface area contributed by atoms with Gasteiger partial charge < -0.3 is 10.2 Å². The molecule has 1 heterocycles. The molecular weight excluding hydrogens is 316 g/mol. The van der Waals surface area contributed by atoms with E-state index in [0.29, 0.717) is 0 Å². The number of rotatable bonds is 6. The van der Waals surface area contributed by atoms with Crippen molar-refractivity contribution in [2.45, 2.75) is 19.8 Å². The molecule has 1 N–H and O–H groups in total. The molecule has 1 aliphatic heterocycles. The fourth-order valence-electron chi connectivity index (χ4n) is 2.76. The molecule has 5 heteroatoms. The number of hydrazone groups is 1. The summed E-state index contributed by atoms with van der Waals surface area (Å²) in [7, 11) is 6.16. The SMILES string of the molecule is CN/C=C(C)/C(=N\N(C)c1ccccc1)SCC1CCN(C)CC1. The number of hydrogen-bond acceptors (Lipinski definition) is 5. The maximum atomic E-state index is 4.86. The second kappa shape index (κ2) is 9.74. The number of thioether (sulfide) groups is 1. The predicted molar refractivity (Wildman–Crippen MR) is 108 cm³/mol. The summed E-state index contributed by atoms with van der Waals surface area (Å²) in [6.45, 7) is 4.55. The summed E-state index contributed by atoms with van der Waals surface area (Å²) in [5.74, 6) is 1.94. The van der Waals surface area contributed by atoms with Crippen LogP contribution in [-0.2, 0) is 0 Å². The van der Waals surface area contributed by atoms with Crippen LogP contribution in [0.1, 0.15) is 19.8 Å². The van der Waals surface area contributed by atoms with Gasteiger partial charge in [-0.15, -0.1) is 11.8 Å². The summed E-state index contributed by atoms with van der Waals surface area (Å²) in [6.07, 6.45) is 4.61. The van der Waals surface area contributed by atoms with E-state index in [4.69, 9.17) is 5.10 Å². The largest absolute Gasteiger partial charge is 0.394 e. The molecule has 0 atom stereocenters. The van der Waals surface area contributed by atoms with Crippen LogP contribution in [0.3, 0.4) is 0 Å². The number of nitrogens with zero attached hydrogens (tertiary/aromatic N) is 3. The smallest absolute Gasteiger partial charge is 0.121 e. The van der Waals surface area contributed by atoms with Gasteiger partial charge in [0.05, 0.1) is 5.69 Å². The van der Waals surface area contributed by atoms with Gasteiger partial charge in [0.1, 0.15) is 5.04 Å². The van der Waals surface area contributed by atoms with Crippen molar-refractivity contribution >= 4 is 22.5 Å². The lowest BCUT2D eigenvalue weighted by molar-refractivity contribution is 0.232. The normalized spacial score (nSPS) is 17.8. The zero-order valence-corrected chi connectivity index (χ0v) is 16.1. The molecule has 1 aromatic rings. The Morgan fingerprint density at radius 1 is 1.33 bits per heavy atom. The van der Waals surface area contributed by atoms with Crippen molar-refractivity contribution in [2.24, 2.45) is 11.0 Å². The van der Waals surface area contributed by atoms with E-state index >= 15 is 0 Å². The average Bonchev–Trinajstić information content (AvgIpc) is 2.60. The Balaban J connectivity index is 2.04. The van der Waals surface area contributed by atoms with Gasteiger partial charge in [-0.2, -0.15) is 5.10 Å². The van der Waals surface area contributed by atoms with Crippen molar-refractivity contribution in [1.82, 2.24) is 10.2 Å². The summed E-state index contributed by atoms with van der Waals surface area (Å²) in [6, 6.07) is 10.3. The van der Waals surface area contributed by atoms with Gasteiger partial charge in [-0.3, -0.25) is 5.01 Å². The van der Waals surface area contributed by atoms with Gasteiger partial charge in [-0.1, -0.05) is 18.2 Å². The van der Waals surface area contributed by atoms with E-state index < -0.39 is 0 Å². The minimum atomic E-state index is 0.792. The van der Waals surface area contributed by atoms with Gasteiger partial charge in [0.25, 0.3) is 0 Å². The van der Waals surface area contributed by atoms with E-state index in [2.05, 4.69) is 36.3 Å². The van der Waals surface area contributed by atoms with Crippen LogP contribution < -0.4 is 10.3 Å². The molecule has 0 aliphatic carbocycles. The third-order valence-electron chi connectivity index (χ3n) is 4.36. The Labute approximate surface area is 151 Å². The first-order valence-corrected chi connectivity index (χ1v) is 9.62. The number of para-hydroxylation sites is 1. The Kier molecular flexibility index (Phi) is 7.66. The highest BCUT2D eigenvalue weighted by molar-refractivity contribution is 8.14. The minimum Gasteiger partial charge on any atom is -0.394 e. The van der Waals surface area contributed by atoms with Crippen LogP contribution in [0.25, 0.3) is 0 Å². The quantitative estimate of drug-likeness (QED) is 0.484. The van der Waals surface area contributed by atoms with Crippen LogP contribution >= 0.6 is 11.8 Å². The van der Waals surface area contributed by atoms with Crippen LogP contribution in [0.15, 0.2) is 47.2 Å². The highest BCUT2D eigenvalue weighted by Gasteiger charge is 2.18. The third kappa shape index (κ3) is 5.87. The predicted octanol–water partition coefficient (Wildman–Crippen LogP) is 3.63. The van der Waals surface area contributed by atoms with E-state index in [9.17, 15) is 0 Å². The number of anilines is 1. The first-order chi connectivity index (χ1) is 11.6. The number of piperidine rings is 1. The molecule has 0 spiro atoms. The molecule has 1 aliphatic rings. The second-order valence-electron chi connectivity index (χ2n) is 6.44. The average molecular weight is 347 g/mol. The maximum Gasteiger partial charge on any atom is 0.121 e. The first kappa shape index (κ1) is 18.9. The van der Waals surface area contributed by atoms with Gasteiger partial charge in [0.15, 0.2) is 0 Å². The van der Waals surface area contributed by atoms with E-state index in [0.717, 1.165) is 22.4 Å². The fraction of sp³-hybridized carbons (Fsp3) is 0.526. The summed E-state index contributed by atoms with van der Waals surface area (Å²) in [5.41, 5.74) is 2.28. The molecule has 1 saturated heterocycles. The van der Waals surface area contributed by atoms with E-state index in [1.807, 2.05) is 55.3 Å².